The first-order valence-electron chi connectivity index (χ1n) is 9.18. The number of methoxy groups -OCH3 is 1. The fraction of sp³-hybridized carbons (Fsp3) is 0.190. The summed E-state index contributed by atoms with van der Waals surface area (Å²) in [6.07, 6.45) is 2.40. The number of hydrogen-bond donors (Lipinski definition) is 1. The average Bonchev–Trinajstić information content (AvgIpc) is 2.72. The first-order valence-corrected chi connectivity index (χ1v) is 11.4. The summed E-state index contributed by atoms with van der Waals surface area (Å²) in [5.41, 5.74) is 4.85. The number of rotatable bonds is 7. The number of carbonyl (C=O) groups is 1. The Morgan fingerprint density at radius 1 is 1.23 bits per heavy atom. The first-order chi connectivity index (χ1) is 14.7. The molecule has 0 radical (unpaired) electrons. The lowest BCUT2D eigenvalue weighted by Crippen LogP contribution is -2.39. The van der Waals surface area contributed by atoms with Crippen molar-refractivity contribution in [2.75, 3.05) is 24.2 Å². The Morgan fingerprint density at radius 3 is 2.58 bits per heavy atom. The zero-order valence-corrected chi connectivity index (χ0v) is 18.7. The lowest BCUT2D eigenvalue weighted by Gasteiger charge is -2.21. The molecule has 0 spiro atoms. The van der Waals surface area contributed by atoms with Gasteiger partial charge < -0.3 is 4.74 Å². The number of hydrogen-bond acceptors (Lipinski definition) is 6. The number of aryl methyl sites for hydroxylation is 1. The van der Waals surface area contributed by atoms with Crippen LogP contribution in [-0.4, -0.2) is 45.4 Å². The molecule has 8 nitrogen and oxygen atoms in total. The summed E-state index contributed by atoms with van der Waals surface area (Å²) in [5, 5.41) is 4.92. The molecule has 0 atom stereocenters. The van der Waals surface area contributed by atoms with E-state index in [0.717, 1.165) is 21.5 Å². The summed E-state index contributed by atoms with van der Waals surface area (Å²) in [7, 11) is -2.09. The molecular weight excluding hydrogens is 440 g/mol. The van der Waals surface area contributed by atoms with Crippen molar-refractivity contribution in [1.82, 2.24) is 10.4 Å². The van der Waals surface area contributed by atoms with Crippen molar-refractivity contribution >= 4 is 50.3 Å². The Hall–Kier alpha value is -3.17. The average molecular weight is 461 g/mol. The molecule has 0 bridgehead atoms. The van der Waals surface area contributed by atoms with E-state index < -0.39 is 22.5 Å². The topological polar surface area (TPSA) is 101 Å². The van der Waals surface area contributed by atoms with Crippen molar-refractivity contribution in [2.45, 2.75) is 6.92 Å². The summed E-state index contributed by atoms with van der Waals surface area (Å²) in [5.74, 6) is 0.0608. The maximum absolute atomic E-state index is 12.3. The van der Waals surface area contributed by atoms with Crippen LogP contribution in [0.15, 0.2) is 53.6 Å². The Kier molecular flexibility index (Phi) is 6.77. The highest BCUT2D eigenvalue weighted by molar-refractivity contribution is 7.92. The summed E-state index contributed by atoms with van der Waals surface area (Å²) >= 11 is 6.21. The highest BCUT2D eigenvalue weighted by Gasteiger charge is 2.20. The van der Waals surface area contributed by atoms with Crippen molar-refractivity contribution in [3.05, 3.63) is 64.8 Å². The number of carbonyl (C=O) groups excluding carboxylic acids is 1. The second kappa shape index (κ2) is 9.32. The van der Waals surface area contributed by atoms with Crippen molar-refractivity contribution in [3.8, 4) is 5.75 Å². The third kappa shape index (κ3) is 5.71. The van der Waals surface area contributed by atoms with Gasteiger partial charge in [0.25, 0.3) is 5.91 Å². The fourth-order valence-corrected chi connectivity index (χ4v) is 3.86. The third-order valence-electron chi connectivity index (χ3n) is 4.41. The van der Waals surface area contributed by atoms with Crippen LogP contribution in [0.5, 0.6) is 5.75 Å². The smallest absolute Gasteiger partial charge is 0.260 e. The van der Waals surface area contributed by atoms with Crippen LogP contribution in [0.1, 0.15) is 11.1 Å². The van der Waals surface area contributed by atoms with Crippen LogP contribution < -0.4 is 14.5 Å². The number of amides is 1. The zero-order valence-electron chi connectivity index (χ0n) is 17.2. The van der Waals surface area contributed by atoms with Crippen LogP contribution in [0.3, 0.4) is 0 Å². The number of fused-ring (bicyclic) bond motifs is 1. The molecule has 31 heavy (non-hydrogen) atoms. The van der Waals surface area contributed by atoms with E-state index in [1.807, 2.05) is 13.0 Å². The number of ether oxygens (including phenoxy) is 1. The number of pyridine rings is 1. The number of hydrazone groups is 1. The number of nitrogens with zero attached hydrogens (tertiary/aromatic N) is 3. The van der Waals surface area contributed by atoms with E-state index in [-0.39, 0.29) is 5.15 Å². The Morgan fingerprint density at radius 2 is 1.94 bits per heavy atom. The molecule has 0 aliphatic carbocycles. The zero-order chi connectivity index (χ0) is 22.6. The second-order valence-electron chi connectivity index (χ2n) is 6.83. The number of aromatic nitrogens is 1. The Labute approximate surface area is 185 Å². The lowest BCUT2D eigenvalue weighted by atomic mass is 10.1. The molecule has 0 aliphatic rings. The molecule has 1 N–H and O–H groups in total. The van der Waals surface area contributed by atoms with E-state index in [1.54, 1.807) is 49.6 Å². The second-order valence-corrected chi connectivity index (χ2v) is 9.09. The van der Waals surface area contributed by atoms with Gasteiger partial charge in [0.2, 0.25) is 10.0 Å². The van der Waals surface area contributed by atoms with E-state index in [2.05, 4.69) is 15.5 Å². The van der Waals surface area contributed by atoms with Gasteiger partial charge in [-0.25, -0.2) is 18.8 Å². The van der Waals surface area contributed by atoms with Gasteiger partial charge in [-0.3, -0.25) is 9.10 Å². The molecular formula is C21H21ClN4O4S. The van der Waals surface area contributed by atoms with Gasteiger partial charge in [-0.1, -0.05) is 29.3 Å². The first kappa shape index (κ1) is 22.5. The molecule has 162 valence electrons. The van der Waals surface area contributed by atoms with Crippen LogP contribution in [0.2, 0.25) is 5.15 Å². The molecule has 1 heterocycles. The van der Waals surface area contributed by atoms with E-state index in [1.165, 1.54) is 6.21 Å². The van der Waals surface area contributed by atoms with E-state index >= 15 is 0 Å². The molecule has 0 fully saturated rings. The minimum atomic E-state index is -3.66. The van der Waals surface area contributed by atoms with E-state index in [4.69, 9.17) is 16.3 Å². The molecule has 0 saturated carbocycles. The molecule has 2 aromatic carbocycles. The molecule has 1 aromatic heterocycles. The predicted molar refractivity (Wildman–Crippen MR) is 122 cm³/mol. The summed E-state index contributed by atoms with van der Waals surface area (Å²) in [6, 6.07) is 14.0. The summed E-state index contributed by atoms with van der Waals surface area (Å²) in [4.78, 5) is 16.6. The Bertz CT molecular complexity index is 1240. The minimum Gasteiger partial charge on any atom is -0.497 e. The van der Waals surface area contributed by atoms with Crippen LogP contribution in [0, 0.1) is 6.92 Å². The maximum Gasteiger partial charge on any atom is 0.260 e. The maximum atomic E-state index is 12.3. The number of nitrogens with one attached hydrogen (secondary N) is 1. The molecule has 3 rings (SSSR count). The lowest BCUT2D eigenvalue weighted by molar-refractivity contribution is -0.119. The van der Waals surface area contributed by atoms with Crippen LogP contribution in [-0.2, 0) is 14.8 Å². The highest BCUT2D eigenvalue weighted by atomic mass is 35.5. The van der Waals surface area contributed by atoms with Crippen LogP contribution in [0.25, 0.3) is 10.9 Å². The highest BCUT2D eigenvalue weighted by Crippen LogP contribution is 2.23. The van der Waals surface area contributed by atoms with Gasteiger partial charge in [0, 0.05) is 17.0 Å². The number of sulfonamides is 1. The normalized spacial score (nSPS) is 11.6. The van der Waals surface area contributed by atoms with E-state index in [0.29, 0.717) is 22.5 Å². The van der Waals surface area contributed by atoms with Gasteiger partial charge in [0.15, 0.2) is 0 Å². The minimum absolute atomic E-state index is 0.205. The number of benzene rings is 2. The van der Waals surface area contributed by atoms with Gasteiger partial charge in [-0.2, -0.15) is 5.10 Å². The van der Waals surface area contributed by atoms with Crippen molar-refractivity contribution in [3.63, 3.8) is 0 Å². The van der Waals surface area contributed by atoms with Gasteiger partial charge in [-0.05, 0) is 37.3 Å². The standard InChI is InChI=1S/C21H21ClN4O4S/c1-14-4-7-17(8-5-14)26(31(3,28)29)13-20(27)25-23-12-16-10-15-6-9-18(30-2)11-19(15)24-21(16)22/h4-12H,13H2,1-3H3,(H,25,27)/b23-12-. The monoisotopic (exact) mass is 460 g/mol. The molecule has 10 heteroatoms. The largest absolute Gasteiger partial charge is 0.497 e. The number of halogens is 1. The van der Waals surface area contributed by atoms with Crippen molar-refractivity contribution in [2.24, 2.45) is 5.10 Å². The SMILES string of the molecule is COc1ccc2cc(/C=N\NC(=O)CN(c3ccc(C)cc3)S(C)(=O)=O)c(Cl)nc2c1. The van der Waals surface area contributed by atoms with Crippen molar-refractivity contribution in [1.29, 1.82) is 0 Å². The molecule has 3 aromatic rings. The van der Waals surface area contributed by atoms with Crippen molar-refractivity contribution < 1.29 is 17.9 Å². The quantitative estimate of drug-likeness (QED) is 0.331. The molecule has 1 amide bonds. The molecule has 0 saturated heterocycles. The predicted octanol–water partition coefficient (Wildman–Crippen LogP) is 3.12. The van der Waals surface area contributed by atoms with Gasteiger partial charge in [0.1, 0.15) is 17.4 Å². The third-order valence-corrected chi connectivity index (χ3v) is 5.85. The van der Waals surface area contributed by atoms with Gasteiger partial charge in [0.05, 0.1) is 30.8 Å². The summed E-state index contributed by atoms with van der Waals surface area (Å²) < 4.78 is 30.5. The fourth-order valence-electron chi connectivity index (χ4n) is 2.81. The van der Waals surface area contributed by atoms with Gasteiger partial charge >= 0.3 is 0 Å². The van der Waals surface area contributed by atoms with Gasteiger partial charge in [-0.15, -0.1) is 0 Å². The number of anilines is 1. The molecule has 0 unspecified atom stereocenters. The van der Waals surface area contributed by atoms with Crippen LogP contribution in [0.4, 0.5) is 5.69 Å². The van der Waals surface area contributed by atoms with E-state index in [9.17, 15) is 13.2 Å². The molecule has 0 aliphatic heterocycles. The van der Waals surface area contributed by atoms with Crippen LogP contribution >= 0.6 is 11.6 Å². The summed E-state index contributed by atoms with van der Waals surface area (Å²) in [6.45, 7) is 1.47. The Balaban J connectivity index is 1.73.